The molecule has 5 heteroatoms. The number of rotatable bonds is 5. The van der Waals surface area contributed by atoms with Crippen molar-refractivity contribution >= 4 is 27.5 Å². The maximum absolute atomic E-state index is 12.4. The molecule has 0 bridgehead atoms. The third-order valence-corrected chi connectivity index (χ3v) is 5.05. The molecule has 2 aromatic carbocycles. The van der Waals surface area contributed by atoms with Gasteiger partial charge in [0, 0.05) is 10.5 Å². The molecule has 1 heterocycles. The zero-order valence-corrected chi connectivity index (χ0v) is 15.3. The first-order valence-corrected chi connectivity index (χ1v) is 8.89. The van der Waals surface area contributed by atoms with Gasteiger partial charge in [0.05, 0.1) is 19.3 Å². The lowest BCUT2D eigenvalue weighted by Gasteiger charge is -2.24. The molecule has 0 radical (unpaired) electrons. The van der Waals surface area contributed by atoms with Gasteiger partial charge in [0.1, 0.15) is 5.75 Å². The number of hydrogen-bond acceptors (Lipinski definition) is 3. The summed E-state index contributed by atoms with van der Waals surface area (Å²) < 4.78 is 6.11. The molecule has 1 fully saturated rings. The Balaban J connectivity index is 1.65. The van der Waals surface area contributed by atoms with Crippen molar-refractivity contribution in [2.75, 3.05) is 25.5 Å². The summed E-state index contributed by atoms with van der Waals surface area (Å²) in [7, 11) is 1.67. The minimum atomic E-state index is 0.0160. The quantitative estimate of drug-likeness (QED) is 0.832. The van der Waals surface area contributed by atoms with Crippen LogP contribution in [0.1, 0.15) is 24.4 Å². The summed E-state index contributed by atoms with van der Waals surface area (Å²) in [5.74, 6) is 0.872. The zero-order valence-electron chi connectivity index (χ0n) is 13.7. The highest BCUT2D eigenvalue weighted by atomic mass is 79.9. The maximum atomic E-state index is 12.4. The lowest BCUT2D eigenvalue weighted by atomic mass is 10.0. The molecule has 24 heavy (non-hydrogen) atoms. The van der Waals surface area contributed by atoms with Crippen molar-refractivity contribution in [2.24, 2.45) is 0 Å². The van der Waals surface area contributed by atoms with Crippen LogP contribution in [0.4, 0.5) is 5.69 Å². The van der Waals surface area contributed by atoms with Gasteiger partial charge in [-0.3, -0.25) is 9.69 Å². The molecule has 0 unspecified atom stereocenters. The lowest BCUT2D eigenvalue weighted by Crippen LogP contribution is -2.33. The summed E-state index contributed by atoms with van der Waals surface area (Å²) in [5, 5.41) is 2.98. The molecule has 1 aliphatic heterocycles. The van der Waals surface area contributed by atoms with Gasteiger partial charge >= 0.3 is 0 Å². The number of carbonyl (C=O) groups is 1. The van der Waals surface area contributed by atoms with Gasteiger partial charge in [0.15, 0.2) is 0 Å². The highest BCUT2D eigenvalue weighted by Gasteiger charge is 2.27. The number of nitrogens with zero attached hydrogens (tertiary/aromatic N) is 1. The Kier molecular flexibility index (Phi) is 5.53. The zero-order chi connectivity index (χ0) is 16.9. The van der Waals surface area contributed by atoms with E-state index in [0.29, 0.717) is 12.6 Å². The van der Waals surface area contributed by atoms with E-state index in [4.69, 9.17) is 4.74 Å². The first kappa shape index (κ1) is 17.0. The van der Waals surface area contributed by atoms with Crippen LogP contribution in [0.25, 0.3) is 0 Å². The number of ether oxygens (including phenoxy) is 1. The van der Waals surface area contributed by atoms with E-state index in [1.165, 1.54) is 5.56 Å². The Labute approximate surface area is 150 Å². The van der Waals surface area contributed by atoms with Gasteiger partial charge in [-0.05, 0) is 65.1 Å². The Morgan fingerprint density at radius 1 is 1.25 bits per heavy atom. The fourth-order valence-corrected chi connectivity index (χ4v) is 3.54. The molecule has 3 rings (SSSR count). The van der Waals surface area contributed by atoms with Crippen molar-refractivity contribution in [3.05, 3.63) is 58.6 Å². The molecule has 0 spiro atoms. The highest BCUT2D eigenvalue weighted by Crippen LogP contribution is 2.32. The standard InChI is InChI=1S/C19H21BrN2O2/c1-24-15-10-8-14(9-11-15)18-7-4-12-22(18)13-19(23)21-17-6-3-2-5-16(17)20/h2-3,5-6,8-11,18H,4,7,12-13H2,1H3,(H,21,23)/t18-/m1/s1. The second kappa shape index (κ2) is 7.81. The molecular weight excluding hydrogens is 368 g/mol. The number of para-hydroxylation sites is 1. The number of methoxy groups -OCH3 is 1. The van der Waals surface area contributed by atoms with Crippen LogP contribution in [0.15, 0.2) is 53.0 Å². The van der Waals surface area contributed by atoms with E-state index in [9.17, 15) is 4.79 Å². The van der Waals surface area contributed by atoms with Gasteiger partial charge < -0.3 is 10.1 Å². The molecule has 0 aromatic heterocycles. The predicted molar refractivity (Wildman–Crippen MR) is 99.3 cm³/mol. The minimum absolute atomic E-state index is 0.0160. The van der Waals surface area contributed by atoms with Crippen LogP contribution in [0.2, 0.25) is 0 Å². The van der Waals surface area contributed by atoms with E-state index >= 15 is 0 Å². The molecule has 4 nitrogen and oxygen atoms in total. The highest BCUT2D eigenvalue weighted by molar-refractivity contribution is 9.10. The van der Waals surface area contributed by atoms with Crippen molar-refractivity contribution in [1.82, 2.24) is 4.90 Å². The van der Waals surface area contributed by atoms with Crippen molar-refractivity contribution in [1.29, 1.82) is 0 Å². The predicted octanol–water partition coefficient (Wildman–Crippen LogP) is 4.23. The number of anilines is 1. The van der Waals surface area contributed by atoms with Gasteiger partial charge in [-0.25, -0.2) is 0 Å². The smallest absolute Gasteiger partial charge is 0.238 e. The number of amides is 1. The Morgan fingerprint density at radius 2 is 2.00 bits per heavy atom. The normalized spacial score (nSPS) is 17.7. The second-order valence-electron chi connectivity index (χ2n) is 5.93. The van der Waals surface area contributed by atoms with Gasteiger partial charge in [-0.15, -0.1) is 0 Å². The van der Waals surface area contributed by atoms with E-state index < -0.39 is 0 Å². The summed E-state index contributed by atoms with van der Waals surface area (Å²) in [6.45, 7) is 1.35. The molecule has 1 N–H and O–H groups in total. The van der Waals surface area contributed by atoms with Gasteiger partial charge in [0.2, 0.25) is 5.91 Å². The molecule has 0 aliphatic carbocycles. The van der Waals surface area contributed by atoms with Crippen molar-refractivity contribution in [2.45, 2.75) is 18.9 Å². The molecular formula is C19H21BrN2O2. The van der Waals surface area contributed by atoms with E-state index in [-0.39, 0.29) is 5.91 Å². The van der Waals surface area contributed by atoms with E-state index in [1.54, 1.807) is 7.11 Å². The monoisotopic (exact) mass is 388 g/mol. The van der Waals surface area contributed by atoms with Crippen LogP contribution in [0.3, 0.4) is 0 Å². The van der Waals surface area contributed by atoms with Crippen molar-refractivity contribution in [3.63, 3.8) is 0 Å². The first-order chi connectivity index (χ1) is 11.7. The number of halogens is 1. The third-order valence-electron chi connectivity index (χ3n) is 4.36. The van der Waals surface area contributed by atoms with E-state index in [1.807, 2.05) is 36.4 Å². The number of likely N-dealkylation sites (tertiary alicyclic amines) is 1. The van der Waals surface area contributed by atoms with Gasteiger partial charge in [0.25, 0.3) is 0 Å². The second-order valence-corrected chi connectivity index (χ2v) is 6.78. The summed E-state index contributed by atoms with van der Waals surface area (Å²) >= 11 is 3.46. The van der Waals surface area contributed by atoms with E-state index in [2.05, 4.69) is 38.3 Å². The average molecular weight is 389 g/mol. The van der Waals surface area contributed by atoms with Crippen LogP contribution in [0, 0.1) is 0 Å². The lowest BCUT2D eigenvalue weighted by molar-refractivity contribution is -0.117. The Hall–Kier alpha value is -1.85. The van der Waals surface area contributed by atoms with Gasteiger partial charge in [-0.1, -0.05) is 24.3 Å². The van der Waals surface area contributed by atoms with Crippen LogP contribution < -0.4 is 10.1 Å². The molecule has 2 aromatic rings. The Bertz CT molecular complexity index is 703. The topological polar surface area (TPSA) is 41.6 Å². The number of nitrogens with one attached hydrogen (secondary N) is 1. The summed E-state index contributed by atoms with van der Waals surface area (Å²) in [6, 6.07) is 16.1. The molecule has 0 saturated carbocycles. The fourth-order valence-electron chi connectivity index (χ4n) is 3.16. The first-order valence-electron chi connectivity index (χ1n) is 8.10. The van der Waals surface area contributed by atoms with Crippen LogP contribution in [0.5, 0.6) is 5.75 Å². The largest absolute Gasteiger partial charge is 0.497 e. The van der Waals surface area contributed by atoms with Crippen LogP contribution >= 0.6 is 15.9 Å². The van der Waals surface area contributed by atoms with E-state index in [0.717, 1.165) is 35.3 Å². The molecule has 1 amide bonds. The van der Waals surface area contributed by atoms with Crippen molar-refractivity contribution < 1.29 is 9.53 Å². The molecule has 1 saturated heterocycles. The maximum Gasteiger partial charge on any atom is 0.238 e. The molecule has 1 atom stereocenters. The van der Waals surface area contributed by atoms with Crippen molar-refractivity contribution in [3.8, 4) is 5.75 Å². The minimum Gasteiger partial charge on any atom is -0.497 e. The fraction of sp³-hybridized carbons (Fsp3) is 0.316. The summed E-state index contributed by atoms with van der Waals surface area (Å²) in [6.07, 6.45) is 2.19. The SMILES string of the molecule is COc1ccc([C@H]2CCCN2CC(=O)Nc2ccccc2Br)cc1. The summed E-state index contributed by atoms with van der Waals surface area (Å²) in [4.78, 5) is 14.6. The molecule has 126 valence electrons. The number of benzene rings is 2. The van der Waals surface area contributed by atoms with Gasteiger partial charge in [-0.2, -0.15) is 0 Å². The third kappa shape index (κ3) is 3.97. The van der Waals surface area contributed by atoms with Crippen LogP contribution in [-0.4, -0.2) is 31.0 Å². The Morgan fingerprint density at radius 3 is 2.71 bits per heavy atom. The molecule has 1 aliphatic rings. The average Bonchev–Trinajstić information content (AvgIpc) is 3.05. The van der Waals surface area contributed by atoms with Crippen LogP contribution in [-0.2, 0) is 4.79 Å². The number of carbonyl (C=O) groups excluding carboxylic acids is 1. The summed E-state index contributed by atoms with van der Waals surface area (Å²) in [5.41, 5.74) is 2.05. The number of hydrogen-bond donors (Lipinski definition) is 1.